The summed E-state index contributed by atoms with van der Waals surface area (Å²) in [5, 5.41) is 3.52. The van der Waals surface area contributed by atoms with Crippen molar-refractivity contribution in [2.24, 2.45) is 5.73 Å². The molecule has 2 aromatic heterocycles. The molecule has 0 atom stereocenters. The minimum Gasteiger partial charge on any atom is -0.360 e. The van der Waals surface area contributed by atoms with E-state index in [1.807, 2.05) is 18.4 Å². The summed E-state index contributed by atoms with van der Waals surface area (Å²) < 4.78 is 33.6. The van der Waals surface area contributed by atoms with Crippen LogP contribution in [-0.4, -0.2) is 18.1 Å². The van der Waals surface area contributed by atoms with E-state index in [0.717, 1.165) is 5.69 Å². The monoisotopic (exact) mass is 298 g/mol. The predicted molar refractivity (Wildman–Crippen MR) is 73.2 cm³/mol. The first-order valence-electron chi connectivity index (χ1n) is 6.24. The number of nitrogens with zero attached hydrogens (tertiary/aromatic N) is 2. The summed E-state index contributed by atoms with van der Waals surface area (Å²) in [5.74, 6) is 0.455. The van der Waals surface area contributed by atoms with Crippen molar-refractivity contribution in [3.8, 4) is 0 Å². The molecule has 110 valence electrons. The molecular weight excluding hydrogens is 280 g/mol. The van der Waals surface area contributed by atoms with Crippen LogP contribution in [0.2, 0.25) is 0 Å². The van der Waals surface area contributed by atoms with E-state index in [1.54, 1.807) is 18.3 Å². The van der Waals surface area contributed by atoms with Crippen molar-refractivity contribution in [2.45, 2.75) is 37.9 Å². The largest absolute Gasteiger partial charge is 0.360 e. The van der Waals surface area contributed by atoms with Gasteiger partial charge in [-0.2, -0.15) is 0 Å². The first-order valence-corrected chi connectivity index (χ1v) is 7.72. The fraction of sp³-hybridized carbons (Fsp3) is 0.417. The highest BCUT2D eigenvalue weighted by Crippen LogP contribution is 2.18. The van der Waals surface area contributed by atoms with Gasteiger partial charge in [-0.3, -0.25) is 0 Å². The molecule has 0 aromatic carbocycles. The van der Waals surface area contributed by atoms with Crippen molar-refractivity contribution in [1.82, 2.24) is 14.4 Å². The lowest BCUT2D eigenvalue weighted by Crippen LogP contribution is -2.22. The van der Waals surface area contributed by atoms with Gasteiger partial charge in [0.05, 0.1) is 17.6 Å². The second-order valence-electron chi connectivity index (χ2n) is 4.68. The molecule has 0 aliphatic carbocycles. The summed E-state index contributed by atoms with van der Waals surface area (Å²) in [4.78, 5) is 0.200. The highest BCUT2D eigenvalue weighted by molar-refractivity contribution is 7.89. The minimum absolute atomic E-state index is 0.0626. The maximum absolute atomic E-state index is 12.2. The lowest BCUT2D eigenvalue weighted by molar-refractivity contribution is 0.380. The van der Waals surface area contributed by atoms with E-state index in [2.05, 4.69) is 9.88 Å². The Morgan fingerprint density at radius 1 is 1.50 bits per heavy atom. The Hall–Kier alpha value is -1.64. The Morgan fingerprint density at radius 2 is 2.25 bits per heavy atom. The van der Waals surface area contributed by atoms with E-state index >= 15 is 0 Å². The van der Waals surface area contributed by atoms with Gasteiger partial charge in [0.25, 0.3) is 0 Å². The molecule has 2 aromatic rings. The minimum atomic E-state index is -3.60. The Kier molecular flexibility index (Phi) is 4.26. The molecular formula is C12H18N4O3S. The van der Waals surface area contributed by atoms with Gasteiger partial charge in [0.1, 0.15) is 0 Å². The number of nitrogens with one attached hydrogen (secondary N) is 1. The SMILES string of the molecule is CC(C)n1cc(S(=O)(=O)NCc2ccno2)cc1CN. The zero-order valence-electron chi connectivity index (χ0n) is 11.4. The van der Waals surface area contributed by atoms with Gasteiger partial charge in [-0.25, -0.2) is 13.1 Å². The van der Waals surface area contributed by atoms with Crippen molar-refractivity contribution in [1.29, 1.82) is 0 Å². The van der Waals surface area contributed by atoms with E-state index in [0.29, 0.717) is 5.76 Å². The van der Waals surface area contributed by atoms with Crippen molar-refractivity contribution in [2.75, 3.05) is 0 Å². The van der Waals surface area contributed by atoms with Gasteiger partial charge in [0.15, 0.2) is 5.76 Å². The molecule has 0 aliphatic rings. The second-order valence-corrected chi connectivity index (χ2v) is 6.44. The van der Waals surface area contributed by atoms with Gasteiger partial charge < -0.3 is 14.8 Å². The smallest absolute Gasteiger partial charge is 0.242 e. The lowest BCUT2D eigenvalue weighted by atomic mass is 10.3. The summed E-state index contributed by atoms with van der Waals surface area (Å²) in [7, 11) is -3.60. The molecule has 0 saturated carbocycles. The van der Waals surface area contributed by atoms with E-state index in [1.165, 1.54) is 6.20 Å². The summed E-state index contributed by atoms with van der Waals surface area (Å²) >= 11 is 0. The number of aromatic nitrogens is 2. The molecule has 0 saturated heterocycles. The molecule has 2 heterocycles. The number of hydrogen-bond donors (Lipinski definition) is 2. The molecule has 0 unspecified atom stereocenters. The van der Waals surface area contributed by atoms with E-state index in [9.17, 15) is 8.42 Å². The molecule has 0 amide bonds. The van der Waals surface area contributed by atoms with Crippen LogP contribution in [0.4, 0.5) is 0 Å². The van der Waals surface area contributed by atoms with Crippen LogP contribution in [0.5, 0.6) is 0 Å². The van der Waals surface area contributed by atoms with Crippen LogP contribution in [0.3, 0.4) is 0 Å². The molecule has 0 fully saturated rings. The highest BCUT2D eigenvalue weighted by Gasteiger charge is 2.19. The Bertz CT molecular complexity index is 659. The zero-order chi connectivity index (χ0) is 14.8. The van der Waals surface area contributed by atoms with Crippen LogP contribution >= 0.6 is 0 Å². The molecule has 0 radical (unpaired) electrons. The molecule has 0 spiro atoms. The number of hydrogen-bond acceptors (Lipinski definition) is 5. The van der Waals surface area contributed by atoms with Gasteiger partial charge in [-0.1, -0.05) is 5.16 Å². The second kappa shape index (κ2) is 5.78. The van der Waals surface area contributed by atoms with E-state index in [4.69, 9.17) is 10.3 Å². The van der Waals surface area contributed by atoms with Gasteiger partial charge in [0.2, 0.25) is 10.0 Å². The van der Waals surface area contributed by atoms with E-state index in [-0.39, 0.29) is 24.0 Å². The predicted octanol–water partition coefficient (Wildman–Crippen LogP) is 0.994. The normalized spacial score (nSPS) is 12.2. The number of sulfonamides is 1. The third-order valence-corrected chi connectivity index (χ3v) is 4.28. The number of rotatable bonds is 6. The van der Waals surface area contributed by atoms with Gasteiger partial charge >= 0.3 is 0 Å². The number of nitrogens with two attached hydrogens (primary N) is 1. The van der Waals surface area contributed by atoms with Crippen LogP contribution in [0, 0.1) is 0 Å². The van der Waals surface area contributed by atoms with Crippen molar-refractivity contribution in [3.05, 3.63) is 36.0 Å². The van der Waals surface area contributed by atoms with Crippen molar-refractivity contribution < 1.29 is 12.9 Å². The topological polar surface area (TPSA) is 103 Å². The van der Waals surface area contributed by atoms with Crippen LogP contribution in [0.15, 0.2) is 33.9 Å². The van der Waals surface area contributed by atoms with Crippen LogP contribution in [0.25, 0.3) is 0 Å². The standard InChI is InChI=1S/C12H18N4O3S/c1-9(2)16-8-12(5-10(16)6-13)20(17,18)15-7-11-3-4-14-19-11/h3-5,8-9,15H,6-7,13H2,1-2H3. The summed E-state index contributed by atoms with van der Waals surface area (Å²) in [5.41, 5.74) is 6.41. The Morgan fingerprint density at radius 3 is 2.75 bits per heavy atom. The lowest BCUT2D eigenvalue weighted by Gasteiger charge is -2.10. The fourth-order valence-corrected chi connectivity index (χ4v) is 2.91. The first-order chi connectivity index (χ1) is 9.44. The van der Waals surface area contributed by atoms with Gasteiger partial charge in [-0.15, -0.1) is 0 Å². The molecule has 3 N–H and O–H groups in total. The molecule has 20 heavy (non-hydrogen) atoms. The van der Waals surface area contributed by atoms with Crippen molar-refractivity contribution in [3.63, 3.8) is 0 Å². The molecule has 0 bridgehead atoms. The summed E-state index contributed by atoms with van der Waals surface area (Å²) in [6.07, 6.45) is 3.06. The molecule has 7 nitrogen and oxygen atoms in total. The maximum atomic E-state index is 12.2. The Labute approximate surface area is 117 Å². The molecule has 2 rings (SSSR count). The fourth-order valence-electron chi connectivity index (χ4n) is 1.87. The summed E-state index contributed by atoms with van der Waals surface area (Å²) in [6.45, 7) is 4.29. The van der Waals surface area contributed by atoms with Crippen molar-refractivity contribution >= 4 is 10.0 Å². The third kappa shape index (κ3) is 3.09. The molecule has 0 aliphatic heterocycles. The van der Waals surface area contributed by atoms with Gasteiger partial charge in [-0.05, 0) is 19.9 Å². The summed E-state index contributed by atoms with van der Waals surface area (Å²) in [6, 6.07) is 3.34. The Balaban J connectivity index is 2.21. The van der Waals surface area contributed by atoms with Gasteiger partial charge in [0, 0.05) is 30.5 Å². The van der Waals surface area contributed by atoms with E-state index < -0.39 is 10.0 Å². The van der Waals surface area contributed by atoms with Crippen LogP contribution in [-0.2, 0) is 23.1 Å². The molecule has 8 heteroatoms. The van der Waals surface area contributed by atoms with Crippen LogP contribution < -0.4 is 10.5 Å². The average Bonchev–Trinajstić information content (AvgIpc) is 3.05. The first kappa shape index (κ1) is 14.8. The highest BCUT2D eigenvalue weighted by atomic mass is 32.2. The van der Waals surface area contributed by atoms with Crippen LogP contribution in [0.1, 0.15) is 31.3 Å². The maximum Gasteiger partial charge on any atom is 0.242 e. The average molecular weight is 298 g/mol. The quantitative estimate of drug-likeness (QED) is 0.828. The zero-order valence-corrected chi connectivity index (χ0v) is 12.2. The third-order valence-electron chi connectivity index (χ3n) is 2.91.